The third kappa shape index (κ3) is 2.62. The van der Waals surface area contributed by atoms with Crippen LogP contribution in [0.5, 0.6) is 5.75 Å². The van der Waals surface area contributed by atoms with E-state index >= 15 is 0 Å². The molecule has 1 aromatic carbocycles. The molecule has 3 nitrogen and oxygen atoms in total. The summed E-state index contributed by atoms with van der Waals surface area (Å²) in [7, 11) is -0.770. The summed E-state index contributed by atoms with van der Waals surface area (Å²) in [6.45, 7) is 7.83. The van der Waals surface area contributed by atoms with Crippen LogP contribution in [0.4, 0.5) is 0 Å². The maximum Gasteiger partial charge on any atom is 0.714 e. The zero-order valence-electron chi connectivity index (χ0n) is 10.8. The first-order valence-electron chi connectivity index (χ1n) is 5.69. The van der Waals surface area contributed by atoms with E-state index in [0.29, 0.717) is 15.8 Å². The Morgan fingerprint density at radius 1 is 1.06 bits per heavy atom. The van der Waals surface area contributed by atoms with Crippen LogP contribution in [0, 0.1) is 0 Å². The number of rotatable bonds is 2. The third-order valence-electron chi connectivity index (χ3n) is 3.35. The van der Waals surface area contributed by atoms with Crippen molar-refractivity contribution in [1.82, 2.24) is 0 Å². The van der Waals surface area contributed by atoms with E-state index in [-0.39, 0.29) is 0 Å². The van der Waals surface area contributed by atoms with Gasteiger partial charge in [0.2, 0.25) is 0 Å². The highest BCUT2D eigenvalue weighted by molar-refractivity contribution is 6.40. The van der Waals surface area contributed by atoms with Crippen molar-refractivity contribution in [2.45, 2.75) is 38.9 Å². The summed E-state index contributed by atoms with van der Waals surface area (Å²) >= 11 is 11.9. The molecule has 98 valence electrons. The zero-order valence-corrected chi connectivity index (χ0v) is 12.3. The fourth-order valence-corrected chi connectivity index (χ4v) is 1.96. The van der Waals surface area contributed by atoms with Crippen LogP contribution in [-0.2, 0) is 9.31 Å². The topological polar surface area (TPSA) is 27.7 Å². The Bertz CT molecular complexity index is 447. The van der Waals surface area contributed by atoms with Crippen LogP contribution in [0.2, 0.25) is 10.0 Å². The zero-order chi connectivity index (χ0) is 13.6. The number of benzene rings is 1. The van der Waals surface area contributed by atoms with E-state index in [9.17, 15) is 0 Å². The van der Waals surface area contributed by atoms with Crippen molar-refractivity contribution in [3.8, 4) is 5.75 Å². The fourth-order valence-electron chi connectivity index (χ4n) is 1.51. The van der Waals surface area contributed by atoms with Crippen LogP contribution >= 0.6 is 23.2 Å². The Balaban J connectivity index is 2.12. The molecule has 0 N–H and O–H groups in total. The van der Waals surface area contributed by atoms with Gasteiger partial charge in [-0.15, -0.1) is 0 Å². The standard InChI is InChI=1S/C12H15BCl2O3/c1-11(2)12(3,4)18-13(17-11)16-10-6-5-8(14)7-9(10)15/h5-7H,1-4H3. The largest absolute Gasteiger partial charge is 0.714 e. The van der Waals surface area contributed by atoms with Crippen molar-refractivity contribution in [3.63, 3.8) is 0 Å². The molecule has 18 heavy (non-hydrogen) atoms. The molecule has 1 aliphatic rings. The van der Waals surface area contributed by atoms with Crippen molar-refractivity contribution in [2.24, 2.45) is 0 Å². The molecule has 0 unspecified atom stereocenters. The Labute approximate surface area is 117 Å². The predicted octanol–water partition coefficient (Wildman–Crippen LogP) is 3.96. The molecule has 0 saturated carbocycles. The average Bonchev–Trinajstić information content (AvgIpc) is 2.40. The van der Waals surface area contributed by atoms with Crippen LogP contribution in [-0.4, -0.2) is 18.5 Å². The van der Waals surface area contributed by atoms with Crippen LogP contribution in [0.15, 0.2) is 18.2 Å². The number of hydrogen-bond donors (Lipinski definition) is 0. The van der Waals surface area contributed by atoms with Gasteiger partial charge in [-0.1, -0.05) is 23.2 Å². The van der Waals surface area contributed by atoms with E-state index in [1.165, 1.54) is 0 Å². The van der Waals surface area contributed by atoms with Gasteiger partial charge in [0.25, 0.3) is 0 Å². The van der Waals surface area contributed by atoms with Gasteiger partial charge in [0, 0.05) is 5.02 Å². The Morgan fingerprint density at radius 2 is 1.61 bits per heavy atom. The van der Waals surface area contributed by atoms with E-state index in [1.54, 1.807) is 18.2 Å². The van der Waals surface area contributed by atoms with E-state index in [2.05, 4.69) is 0 Å². The fraction of sp³-hybridized carbons (Fsp3) is 0.500. The second kappa shape index (κ2) is 4.60. The second-order valence-corrected chi connectivity index (χ2v) is 6.08. The minimum absolute atomic E-state index is 0.428. The van der Waals surface area contributed by atoms with Crippen molar-refractivity contribution in [3.05, 3.63) is 28.2 Å². The molecule has 1 aliphatic heterocycles. The lowest BCUT2D eigenvalue weighted by Gasteiger charge is -2.31. The molecule has 0 amide bonds. The summed E-state index contributed by atoms with van der Waals surface area (Å²) in [5, 5.41) is 0.985. The summed E-state index contributed by atoms with van der Waals surface area (Å²) < 4.78 is 17.0. The van der Waals surface area contributed by atoms with E-state index < -0.39 is 18.5 Å². The summed E-state index contributed by atoms with van der Waals surface area (Å²) in [5.41, 5.74) is -0.868. The molecule has 1 fully saturated rings. The van der Waals surface area contributed by atoms with E-state index in [1.807, 2.05) is 27.7 Å². The van der Waals surface area contributed by atoms with Gasteiger partial charge in [-0.3, -0.25) is 0 Å². The summed E-state index contributed by atoms with van der Waals surface area (Å²) in [5.74, 6) is 0.486. The summed E-state index contributed by atoms with van der Waals surface area (Å²) in [4.78, 5) is 0. The minimum atomic E-state index is -0.770. The van der Waals surface area contributed by atoms with Gasteiger partial charge in [0.1, 0.15) is 5.75 Å². The van der Waals surface area contributed by atoms with Gasteiger partial charge < -0.3 is 14.0 Å². The Hall–Kier alpha value is -0.415. The van der Waals surface area contributed by atoms with E-state index in [4.69, 9.17) is 37.2 Å². The molecule has 0 atom stereocenters. The van der Waals surface area contributed by atoms with Gasteiger partial charge in [0.15, 0.2) is 0 Å². The SMILES string of the molecule is CC1(C)OB(Oc2ccc(Cl)cc2Cl)OC1(C)C. The number of hydrogen-bond acceptors (Lipinski definition) is 3. The minimum Gasteiger partial charge on any atom is -0.510 e. The maximum absolute atomic E-state index is 6.03. The highest BCUT2D eigenvalue weighted by Crippen LogP contribution is 2.38. The monoisotopic (exact) mass is 288 g/mol. The van der Waals surface area contributed by atoms with Gasteiger partial charge in [-0.2, -0.15) is 0 Å². The lowest BCUT2D eigenvalue weighted by atomic mass is 9.90. The molecule has 1 aromatic rings. The van der Waals surface area contributed by atoms with Gasteiger partial charge in [0.05, 0.1) is 16.2 Å². The quantitative estimate of drug-likeness (QED) is 0.771. The molecular weight excluding hydrogens is 274 g/mol. The van der Waals surface area contributed by atoms with Gasteiger partial charge >= 0.3 is 7.32 Å². The smallest absolute Gasteiger partial charge is 0.510 e. The molecule has 1 saturated heterocycles. The van der Waals surface area contributed by atoms with Crippen molar-refractivity contribution in [2.75, 3.05) is 0 Å². The molecule has 0 spiro atoms. The molecule has 6 heteroatoms. The van der Waals surface area contributed by atoms with Gasteiger partial charge in [-0.25, -0.2) is 0 Å². The first-order valence-corrected chi connectivity index (χ1v) is 6.44. The first kappa shape index (κ1) is 14.0. The lowest BCUT2D eigenvalue weighted by Crippen LogP contribution is -2.41. The molecule has 0 aromatic heterocycles. The molecule has 0 radical (unpaired) electrons. The van der Waals surface area contributed by atoms with Crippen LogP contribution in [0.1, 0.15) is 27.7 Å². The predicted molar refractivity (Wildman–Crippen MR) is 73.2 cm³/mol. The highest BCUT2D eigenvalue weighted by atomic mass is 35.5. The third-order valence-corrected chi connectivity index (χ3v) is 3.88. The molecule has 1 heterocycles. The molecule has 2 rings (SSSR count). The first-order chi connectivity index (χ1) is 8.21. The Morgan fingerprint density at radius 3 is 2.11 bits per heavy atom. The molecular formula is C12H15BCl2O3. The lowest BCUT2D eigenvalue weighted by molar-refractivity contribution is 0.00578. The molecule has 0 aliphatic carbocycles. The van der Waals surface area contributed by atoms with Crippen molar-refractivity contribution >= 4 is 30.5 Å². The van der Waals surface area contributed by atoms with Crippen LogP contribution in [0.25, 0.3) is 0 Å². The second-order valence-electron chi connectivity index (χ2n) is 5.24. The highest BCUT2D eigenvalue weighted by Gasteiger charge is 2.54. The average molecular weight is 289 g/mol. The van der Waals surface area contributed by atoms with Crippen molar-refractivity contribution in [1.29, 1.82) is 0 Å². The Kier molecular flexibility index (Phi) is 3.58. The van der Waals surface area contributed by atoms with E-state index in [0.717, 1.165) is 0 Å². The maximum atomic E-state index is 6.03. The summed E-state index contributed by atoms with van der Waals surface area (Å²) in [6.07, 6.45) is 0. The summed E-state index contributed by atoms with van der Waals surface area (Å²) in [6, 6.07) is 5.01. The van der Waals surface area contributed by atoms with Crippen LogP contribution in [0.3, 0.4) is 0 Å². The van der Waals surface area contributed by atoms with Gasteiger partial charge in [-0.05, 0) is 45.9 Å². The normalized spacial score (nSPS) is 21.1. The van der Waals surface area contributed by atoms with Crippen molar-refractivity contribution < 1.29 is 14.0 Å². The number of halogens is 2. The van der Waals surface area contributed by atoms with Crippen LogP contribution < -0.4 is 4.65 Å². The molecule has 0 bridgehead atoms.